The van der Waals surface area contributed by atoms with E-state index in [2.05, 4.69) is 0 Å². The van der Waals surface area contributed by atoms with Gasteiger partial charge in [-0.05, 0) is 19.1 Å². The van der Waals surface area contributed by atoms with E-state index in [9.17, 15) is 15.2 Å². The summed E-state index contributed by atoms with van der Waals surface area (Å²) in [6.45, 7) is 1.47. The van der Waals surface area contributed by atoms with Crippen LogP contribution in [-0.4, -0.2) is 17.1 Å². The lowest BCUT2D eigenvalue weighted by molar-refractivity contribution is -0.386. The lowest BCUT2D eigenvalue weighted by Crippen LogP contribution is -1.99. The van der Waals surface area contributed by atoms with Crippen LogP contribution in [0, 0.1) is 10.1 Å². The predicted octanol–water partition coefficient (Wildman–Crippen LogP) is 1.66. The van der Waals surface area contributed by atoms with Crippen molar-refractivity contribution in [1.82, 2.24) is 0 Å². The highest BCUT2D eigenvalue weighted by molar-refractivity contribution is 5.46. The summed E-state index contributed by atoms with van der Waals surface area (Å²) in [7, 11) is 1.47. The predicted molar refractivity (Wildman–Crippen MR) is 50.3 cm³/mol. The molecule has 1 atom stereocenters. The SMILES string of the molecule is COc1ccc([N+](=O)[O-])c(C(C)O)c1. The van der Waals surface area contributed by atoms with E-state index >= 15 is 0 Å². The van der Waals surface area contributed by atoms with Crippen molar-refractivity contribution in [1.29, 1.82) is 0 Å². The van der Waals surface area contributed by atoms with E-state index in [0.29, 0.717) is 5.75 Å². The van der Waals surface area contributed by atoms with Gasteiger partial charge in [0, 0.05) is 6.07 Å². The number of hydrogen-bond acceptors (Lipinski definition) is 4. The van der Waals surface area contributed by atoms with Crippen LogP contribution in [0.5, 0.6) is 5.75 Å². The van der Waals surface area contributed by atoms with Crippen LogP contribution >= 0.6 is 0 Å². The van der Waals surface area contributed by atoms with Crippen molar-refractivity contribution >= 4 is 5.69 Å². The third kappa shape index (κ3) is 2.00. The Kier molecular flexibility index (Phi) is 3.03. The number of rotatable bonds is 3. The van der Waals surface area contributed by atoms with Crippen molar-refractivity contribution < 1.29 is 14.8 Å². The second-order valence-electron chi connectivity index (χ2n) is 2.86. The van der Waals surface area contributed by atoms with Gasteiger partial charge in [0.05, 0.1) is 23.7 Å². The molecule has 0 aromatic heterocycles. The molecule has 0 bridgehead atoms. The van der Waals surface area contributed by atoms with Crippen molar-refractivity contribution in [3.8, 4) is 5.75 Å². The molecule has 0 saturated carbocycles. The van der Waals surface area contributed by atoms with Gasteiger partial charge in [-0.2, -0.15) is 0 Å². The number of nitrogens with zero attached hydrogens (tertiary/aromatic N) is 1. The van der Waals surface area contributed by atoms with Crippen molar-refractivity contribution in [2.24, 2.45) is 0 Å². The van der Waals surface area contributed by atoms with Crippen molar-refractivity contribution in [3.05, 3.63) is 33.9 Å². The lowest BCUT2D eigenvalue weighted by atomic mass is 10.1. The van der Waals surface area contributed by atoms with Crippen LogP contribution < -0.4 is 4.74 Å². The Hall–Kier alpha value is -1.62. The molecule has 0 fully saturated rings. The first-order valence-electron chi connectivity index (χ1n) is 4.06. The smallest absolute Gasteiger partial charge is 0.275 e. The number of aliphatic hydroxyl groups excluding tert-OH is 1. The molecule has 0 amide bonds. The number of ether oxygens (including phenoxy) is 1. The van der Waals surface area contributed by atoms with Crippen LogP contribution in [0.15, 0.2) is 18.2 Å². The molecule has 0 aliphatic rings. The largest absolute Gasteiger partial charge is 0.497 e. The number of hydrogen-bond donors (Lipinski definition) is 1. The molecule has 0 saturated heterocycles. The highest BCUT2D eigenvalue weighted by Gasteiger charge is 2.17. The third-order valence-corrected chi connectivity index (χ3v) is 1.88. The Balaban J connectivity index is 3.24. The number of benzene rings is 1. The molecule has 1 N–H and O–H groups in total. The maximum Gasteiger partial charge on any atom is 0.275 e. The molecule has 0 aliphatic carbocycles. The topological polar surface area (TPSA) is 72.6 Å². The lowest BCUT2D eigenvalue weighted by Gasteiger charge is -2.07. The van der Waals surface area contributed by atoms with Crippen LogP contribution in [0.2, 0.25) is 0 Å². The molecule has 5 nitrogen and oxygen atoms in total. The van der Waals surface area contributed by atoms with Crippen LogP contribution in [-0.2, 0) is 0 Å². The van der Waals surface area contributed by atoms with E-state index < -0.39 is 11.0 Å². The second kappa shape index (κ2) is 4.06. The van der Waals surface area contributed by atoms with Gasteiger partial charge in [-0.3, -0.25) is 10.1 Å². The Morgan fingerprint density at radius 1 is 1.57 bits per heavy atom. The number of nitro groups is 1. The number of aliphatic hydroxyl groups is 1. The average molecular weight is 197 g/mol. The zero-order valence-electron chi connectivity index (χ0n) is 7.93. The molecular formula is C9H11NO4. The minimum atomic E-state index is -0.884. The van der Waals surface area contributed by atoms with Crippen LogP contribution in [0.1, 0.15) is 18.6 Å². The summed E-state index contributed by atoms with van der Waals surface area (Å²) < 4.78 is 4.91. The third-order valence-electron chi connectivity index (χ3n) is 1.88. The Bertz CT molecular complexity index is 349. The molecule has 1 rings (SSSR count). The molecular weight excluding hydrogens is 186 g/mol. The number of nitro benzene ring substituents is 1. The molecule has 14 heavy (non-hydrogen) atoms. The van der Waals surface area contributed by atoms with Crippen LogP contribution in [0.25, 0.3) is 0 Å². The van der Waals surface area contributed by atoms with Crippen LogP contribution in [0.3, 0.4) is 0 Å². The molecule has 0 heterocycles. The van der Waals surface area contributed by atoms with Gasteiger partial charge in [0.15, 0.2) is 0 Å². The summed E-state index contributed by atoms with van der Waals surface area (Å²) >= 11 is 0. The van der Waals surface area contributed by atoms with Gasteiger partial charge in [0.2, 0.25) is 0 Å². The zero-order valence-corrected chi connectivity index (χ0v) is 7.93. The highest BCUT2D eigenvalue weighted by atomic mass is 16.6. The van der Waals surface area contributed by atoms with Crippen molar-refractivity contribution in [3.63, 3.8) is 0 Å². The number of methoxy groups -OCH3 is 1. The maximum absolute atomic E-state index is 10.6. The fourth-order valence-corrected chi connectivity index (χ4v) is 1.16. The fourth-order valence-electron chi connectivity index (χ4n) is 1.16. The van der Waals surface area contributed by atoms with Crippen molar-refractivity contribution in [2.75, 3.05) is 7.11 Å². The van der Waals surface area contributed by atoms with Crippen molar-refractivity contribution in [2.45, 2.75) is 13.0 Å². The molecule has 5 heteroatoms. The van der Waals surface area contributed by atoms with Gasteiger partial charge < -0.3 is 9.84 Å². The highest BCUT2D eigenvalue weighted by Crippen LogP contribution is 2.28. The molecule has 76 valence electrons. The van der Waals surface area contributed by atoms with E-state index in [1.165, 1.54) is 32.2 Å². The molecule has 1 aromatic carbocycles. The Labute approximate surface area is 81.1 Å². The van der Waals surface area contributed by atoms with Gasteiger partial charge >= 0.3 is 0 Å². The van der Waals surface area contributed by atoms with E-state index in [4.69, 9.17) is 4.74 Å². The Morgan fingerprint density at radius 3 is 2.64 bits per heavy atom. The molecule has 0 radical (unpaired) electrons. The first-order chi connectivity index (χ1) is 6.56. The molecule has 1 unspecified atom stereocenters. The summed E-state index contributed by atoms with van der Waals surface area (Å²) in [5.74, 6) is 0.492. The molecule has 0 aliphatic heterocycles. The fraction of sp³-hybridized carbons (Fsp3) is 0.333. The second-order valence-corrected chi connectivity index (χ2v) is 2.86. The molecule has 1 aromatic rings. The summed E-state index contributed by atoms with van der Waals surface area (Å²) in [6, 6.07) is 4.27. The first-order valence-corrected chi connectivity index (χ1v) is 4.06. The summed E-state index contributed by atoms with van der Waals surface area (Å²) in [5, 5.41) is 19.9. The van der Waals surface area contributed by atoms with E-state index in [-0.39, 0.29) is 11.3 Å². The van der Waals surface area contributed by atoms with Gasteiger partial charge in [0.25, 0.3) is 5.69 Å². The van der Waals surface area contributed by atoms with Gasteiger partial charge in [-0.15, -0.1) is 0 Å². The van der Waals surface area contributed by atoms with Gasteiger partial charge in [-0.1, -0.05) is 0 Å². The normalized spacial score (nSPS) is 12.2. The van der Waals surface area contributed by atoms with Crippen LogP contribution in [0.4, 0.5) is 5.69 Å². The summed E-state index contributed by atoms with van der Waals surface area (Å²) in [4.78, 5) is 10.1. The minimum absolute atomic E-state index is 0.0965. The quantitative estimate of drug-likeness (QED) is 0.590. The summed E-state index contributed by atoms with van der Waals surface area (Å²) in [6.07, 6.45) is -0.884. The van der Waals surface area contributed by atoms with Gasteiger partial charge in [-0.25, -0.2) is 0 Å². The van der Waals surface area contributed by atoms with E-state index in [1.54, 1.807) is 0 Å². The summed E-state index contributed by atoms with van der Waals surface area (Å²) in [5.41, 5.74) is 0.162. The van der Waals surface area contributed by atoms with Gasteiger partial charge in [0.1, 0.15) is 5.75 Å². The Morgan fingerprint density at radius 2 is 2.21 bits per heavy atom. The monoisotopic (exact) mass is 197 g/mol. The van der Waals surface area contributed by atoms with E-state index in [0.717, 1.165) is 0 Å². The standard InChI is InChI=1S/C9H11NO4/c1-6(11)8-5-7(14-2)3-4-9(8)10(12)13/h3-6,11H,1-2H3. The first kappa shape index (κ1) is 10.5. The minimum Gasteiger partial charge on any atom is -0.497 e. The zero-order chi connectivity index (χ0) is 10.7. The maximum atomic E-state index is 10.6. The molecule has 0 spiro atoms. The average Bonchev–Trinajstić information content (AvgIpc) is 2.16. The van der Waals surface area contributed by atoms with E-state index in [1.807, 2.05) is 0 Å².